The van der Waals surface area contributed by atoms with Crippen molar-refractivity contribution in [2.75, 3.05) is 40.9 Å². The van der Waals surface area contributed by atoms with E-state index in [-0.39, 0.29) is 25.1 Å². The molecule has 0 saturated carbocycles. The highest BCUT2D eigenvalue weighted by Gasteiger charge is 2.30. The van der Waals surface area contributed by atoms with E-state index in [0.717, 1.165) is 89.9 Å². The van der Waals surface area contributed by atoms with Gasteiger partial charge in [0.2, 0.25) is 5.91 Å². The maximum absolute atomic E-state index is 13.6. The second kappa shape index (κ2) is 64.7. The molecular formula is C75H142N2O7P+. The number of hydrogen-bond acceptors (Lipinski definition) is 6. The molecule has 9 nitrogen and oxygen atoms in total. The Morgan fingerprint density at radius 1 is 0.412 bits per heavy atom. The normalized spacial score (nSPS) is 13.8. The molecule has 0 spiro atoms. The third kappa shape index (κ3) is 66.0. The van der Waals surface area contributed by atoms with E-state index in [0.29, 0.717) is 23.9 Å². The number of amides is 1. The maximum Gasteiger partial charge on any atom is 0.472 e. The third-order valence-electron chi connectivity index (χ3n) is 16.5. The van der Waals surface area contributed by atoms with Gasteiger partial charge in [-0.3, -0.25) is 18.6 Å². The van der Waals surface area contributed by atoms with Gasteiger partial charge in [0.1, 0.15) is 19.3 Å². The highest BCUT2D eigenvalue weighted by Crippen LogP contribution is 2.43. The molecule has 0 aliphatic carbocycles. The van der Waals surface area contributed by atoms with Gasteiger partial charge in [-0.25, -0.2) is 4.57 Å². The molecule has 0 aliphatic rings. The zero-order chi connectivity index (χ0) is 62.1. The van der Waals surface area contributed by atoms with Gasteiger partial charge < -0.3 is 19.4 Å². The van der Waals surface area contributed by atoms with Crippen molar-refractivity contribution >= 4 is 19.7 Å². The van der Waals surface area contributed by atoms with Crippen LogP contribution in [-0.2, 0) is 27.9 Å². The van der Waals surface area contributed by atoms with Crippen LogP contribution in [0.3, 0.4) is 0 Å². The molecule has 0 aromatic rings. The second-order valence-electron chi connectivity index (χ2n) is 26.1. The van der Waals surface area contributed by atoms with Crippen molar-refractivity contribution in [2.45, 2.75) is 367 Å². The van der Waals surface area contributed by atoms with Crippen molar-refractivity contribution in [2.24, 2.45) is 0 Å². The minimum atomic E-state index is -4.46. The SMILES string of the molecule is CCCCC/C=C\C/C=C\C/C=C\C/C=C\CCCCCCCCCC(=O)NC(COP(=O)(O)OCC[N+](C)(C)C)C(/C=C/CCCCCCCCCCCCC)OC(=O)CCCCCCCCCCCCCCCCCCCCCCCCC. The summed E-state index contributed by atoms with van der Waals surface area (Å²) in [6, 6.07) is -0.855. The molecule has 0 bridgehead atoms. The first kappa shape index (κ1) is 82.7. The lowest BCUT2D eigenvalue weighted by Crippen LogP contribution is -2.47. The van der Waals surface area contributed by atoms with Gasteiger partial charge in [-0.05, 0) is 76.7 Å². The molecule has 10 heteroatoms. The fraction of sp³-hybridized carbons (Fsp3) is 0.840. The van der Waals surface area contributed by atoms with E-state index < -0.39 is 20.0 Å². The van der Waals surface area contributed by atoms with Gasteiger partial charge in [-0.2, -0.15) is 0 Å². The van der Waals surface area contributed by atoms with Crippen LogP contribution in [0.5, 0.6) is 0 Å². The summed E-state index contributed by atoms with van der Waals surface area (Å²) in [5.41, 5.74) is 0. The summed E-state index contributed by atoms with van der Waals surface area (Å²) in [5, 5.41) is 3.07. The van der Waals surface area contributed by atoms with Crippen molar-refractivity contribution < 1.29 is 37.3 Å². The topological polar surface area (TPSA) is 111 Å². The highest BCUT2D eigenvalue weighted by molar-refractivity contribution is 7.47. The molecule has 0 aromatic heterocycles. The van der Waals surface area contributed by atoms with E-state index >= 15 is 0 Å². The molecule has 85 heavy (non-hydrogen) atoms. The van der Waals surface area contributed by atoms with Gasteiger partial charge >= 0.3 is 13.8 Å². The zero-order valence-corrected chi connectivity index (χ0v) is 58.0. The highest BCUT2D eigenvalue weighted by atomic mass is 31.2. The molecule has 0 heterocycles. The van der Waals surface area contributed by atoms with Crippen molar-refractivity contribution in [1.29, 1.82) is 0 Å². The Bertz CT molecular complexity index is 1640. The fourth-order valence-electron chi connectivity index (χ4n) is 10.8. The average Bonchev–Trinajstić information content (AvgIpc) is 3.52. The molecule has 498 valence electrons. The summed E-state index contributed by atoms with van der Waals surface area (Å²) in [6.07, 6.45) is 83.7. The van der Waals surface area contributed by atoms with Crippen LogP contribution in [-0.4, -0.2) is 74.3 Å². The second-order valence-corrected chi connectivity index (χ2v) is 27.6. The first-order valence-electron chi connectivity index (χ1n) is 36.6. The van der Waals surface area contributed by atoms with E-state index in [1.807, 2.05) is 33.3 Å². The first-order chi connectivity index (χ1) is 41.4. The average molecular weight is 1210 g/mol. The molecule has 2 N–H and O–H groups in total. The summed E-state index contributed by atoms with van der Waals surface area (Å²) in [4.78, 5) is 38.0. The minimum Gasteiger partial charge on any atom is -0.456 e. The number of esters is 1. The Kier molecular flexibility index (Phi) is 62.9. The number of phosphoric acid groups is 1. The van der Waals surface area contributed by atoms with Crippen molar-refractivity contribution in [3.63, 3.8) is 0 Å². The van der Waals surface area contributed by atoms with Crippen LogP contribution < -0.4 is 5.32 Å². The summed E-state index contributed by atoms with van der Waals surface area (Å²) in [5.74, 6) is -0.501. The smallest absolute Gasteiger partial charge is 0.456 e. The minimum absolute atomic E-state index is 0.0382. The van der Waals surface area contributed by atoms with Crippen LogP contribution in [0.2, 0.25) is 0 Å². The molecule has 3 atom stereocenters. The van der Waals surface area contributed by atoms with Crippen molar-refractivity contribution in [3.8, 4) is 0 Å². The Balaban J connectivity index is 5.10. The van der Waals surface area contributed by atoms with E-state index in [1.165, 1.54) is 231 Å². The van der Waals surface area contributed by atoms with Crippen LogP contribution >= 0.6 is 7.82 Å². The molecule has 3 unspecified atom stereocenters. The standard InChI is InChI=1S/C75H141N2O7P/c1-7-10-13-16-19-22-25-28-30-32-34-36-38-40-42-44-46-49-52-55-58-61-64-67-74(78)76-72(71-83-85(80,81)82-70-69-77(4,5)6)73(66-63-60-57-54-51-48-27-24-21-18-15-12-9-3)84-75(79)68-65-62-59-56-53-50-47-45-43-41-39-37-35-33-31-29-26-23-20-17-14-11-8-2/h19,22,28,30,34,36,40,42,63,66,72-73H,7-18,20-21,23-27,29,31-33,35,37-39,41,43-62,64-65,67-71H2,1-6H3,(H-,76,78,80,81)/p+1/b22-19-,30-28-,36-34-,42-40-,66-63+. The van der Waals surface area contributed by atoms with Crippen LogP contribution in [0.25, 0.3) is 0 Å². The number of carbonyl (C=O) groups excluding carboxylic acids is 2. The number of unbranched alkanes of at least 4 members (excludes halogenated alkanes) is 43. The van der Waals surface area contributed by atoms with Gasteiger partial charge in [-0.15, -0.1) is 0 Å². The van der Waals surface area contributed by atoms with E-state index in [2.05, 4.69) is 74.7 Å². The van der Waals surface area contributed by atoms with Gasteiger partial charge in [-0.1, -0.05) is 326 Å². The number of rotatable bonds is 67. The molecule has 1 amide bonds. The lowest BCUT2D eigenvalue weighted by atomic mass is 10.0. The predicted octanol–water partition coefficient (Wildman–Crippen LogP) is 23.3. The molecule has 0 saturated heterocycles. The number of nitrogens with one attached hydrogen (secondary N) is 1. The Hall–Kier alpha value is -2.29. The van der Waals surface area contributed by atoms with E-state index in [4.69, 9.17) is 13.8 Å². The zero-order valence-electron chi connectivity index (χ0n) is 57.1. The number of carbonyl (C=O) groups is 2. The molecule has 0 aliphatic heterocycles. The van der Waals surface area contributed by atoms with Gasteiger partial charge in [0, 0.05) is 12.8 Å². The number of hydrogen-bond donors (Lipinski definition) is 2. The number of allylic oxidation sites excluding steroid dienone is 9. The number of phosphoric ester groups is 1. The van der Waals surface area contributed by atoms with Crippen molar-refractivity contribution in [1.82, 2.24) is 5.32 Å². The van der Waals surface area contributed by atoms with Crippen LogP contribution in [0, 0.1) is 0 Å². The molecule has 0 fully saturated rings. The van der Waals surface area contributed by atoms with Crippen LogP contribution in [0.15, 0.2) is 60.8 Å². The number of nitrogens with zero attached hydrogens (tertiary/aromatic N) is 1. The summed E-state index contributed by atoms with van der Waals surface area (Å²) in [7, 11) is 1.50. The summed E-state index contributed by atoms with van der Waals surface area (Å²) < 4.78 is 30.9. The number of quaternary nitrogens is 1. The largest absolute Gasteiger partial charge is 0.472 e. The van der Waals surface area contributed by atoms with Gasteiger partial charge in [0.15, 0.2) is 0 Å². The quantitative estimate of drug-likeness (QED) is 0.0205. The fourth-order valence-corrected chi connectivity index (χ4v) is 11.5. The molecule has 0 radical (unpaired) electrons. The maximum atomic E-state index is 13.6. The number of ether oxygens (including phenoxy) is 1. The Morgan fingerprint density at radius 2 is 0.718 bits per heavy atom. The predicted molar refractivity (Wildman–Crippen MR) is 369 cm³/mol. The van der Waals surface area contributed by atoms with Gasteiger partial charge in [0.25, 0.3) is 0 Å². The lowest BCUT2D eigenvalue weighted by Gasteiger charge is -2.27. The molecule has 0 aromatic carbocycles. The molecule has 0 rings (SSSR count). The molecular weight excluding hydrogens is 1070 g/mol. The Morgan fingerprint density at radius 3 is 1.09 bits per heavy atom. The summed E-state index contributed by atoms with van der Waals surface area (Å²) >= 11 is 0. The van der Waals surface area contributed by atoms with Crippen molar-refractivity contribution in [3.05, 3.63) is 60.8 Å². The number of likely N-dealkylation sites (N-methyl/N-ethyl adjacent to an activating group) is 1. The third-order valence-corrected chi connectivity index (χ3v) is 17.4. The van der Waals surface area contributed by atoms with E-state index in [1.54, 1.807) is 0 Å². The monoisotopic (exact) mass is 1210 g/mol. The van der Waals surface area contributed by atoms with Gasteiger partial charge in [0.05, 0.1) is 33.8 Å². The first-order valence-corrected chi connectivity index (χ1v) is 38.1. The van der Waals surface area contributed by atoms with E-state index in [9.17, 15) is 19.0 Å². The van der Waals surface area contributed by atoms with Crippen LogP contribution in [0.1, 0.15) is 355 Å². The Labute approximate surface area is 528 Å². The van der Waals surface area contributed by atoms with Crippen LogP contribution in [0.4, 0.5) is 0 Å². The lowest BCUT2D eigenvalue weighted by molar-refractivity contribution is -0.870. The summed E-state index contributed by atoms with van der Waals surface area (Å²) in [6.45, 7) is 7.03.